The van der Waals surface area contributed by atoms with Gasteiger partial charge in [-0.1, -0.05) is 17.3 Å². The second kappa shape index (κ2) is 5.30. The zero-order valence-corrected chi connectivity index (χ0v) is 11.1. The molecule has 106 valence electrons. The van der Waals surface area contributed by atoms with Crippen LogP contribution in [0, 0.1) is 17.0 Å². The molecule has 10 nitrogen and oxygen atoms in total. The summed E-state index contributed by atoms with van der Waals surface area (Å²) in [7, 11) is -4.06. The van der Waals surface area contributed by atoms with E-state index in [1.165, 1.54) is 19.1 Å². The number of benzene rings is 1. The zero-order chi connectivity index (χ0) is 14.8. The van der Waals surface area contributed by atoms with Gasteiger partial charge in [0.25, 0.3) is 5.69 Å². The van der Waals surface area contributed by atoms with E-state index in [4.69, 9.17) is 0 Å². The lowest BCUT2D eigenvalue weighted by atomic mass is 10.2. The number of aryl methyl sites for hydroxylation is 1. The van der Waals surface area contributed by atoms with Gasteiger partial charge in [-0.2, -0.15) is 5.21 Å². The fourth-order valence-corrected chi connectivity index (χ4v) is 2.99. The smallest absolute Gasteiger partial charge is 0.258 e. The Balaban J connectivity index is 2.36. The second-order valence-corrected chi connectivity index (χ2v) is 5.54. The van der Waals surface area contributed by atoms with Crippen molar-refractivity contribution >= 4 is 15.7 Å². The Labute approximate surface area is 113 Å². The Kier molecular flexibility index (Phi) is 3.72. The first-order valence-corrected chi connectivity index (χ1v) is 6.86. The van der Waals surface area contributed by atoms with E-state index in [0.717, 1.165) is 6.07 Å². The molecule has 1 aromatic heterocycles. The monoisotopic (exact) mass is 298 g/mol. The molecule has 0 atom stereocenters. The van der Waals surface area contributed by atoms with Gasteiger partial charge in [0.05, 0.1) is 11.5 Å². The van der Waals surface area contributed by atoms with Crippen LogP contribution < -0.4 is 4.72 Å². The molecule has 0 bridgehead atoms. The highest BCUT2D eigenvalue weighted by atomic mass is 32.2. The minimum atomic E-state index is -4.06. The van der Waals surface area contributed by atoms with E-state index in [0.29, 0.717) is 0 Å². The first kappa shape index (κ1) is 14.0. The summed E-state index contributed by atoms with van der Waals surface area (Å²) in [4.78, 5) is 9.82. The topological polar surface area (TPSA) is 144 Å². The molecule has 0 unspecified atom stereocenters. The van der Waals surface area contributed by atoms with Crippen LogP contribution in [0.15, 0.2) is 23.1 Å². The molecule has 0 saturated carbocycles. The number of aromatic amines is 1. The van der Waals surface area contributed by atoms with E-state index in [1.807, 2.05) is 0 Å². The van der Waals surface area contributed by atoms with E-state index >= 15 is 0 Å². The van der Waals surface area contributed by atoms with E-state index in [2.05, 4.69) is 25.3 Å². The van der Waals surface area contributed by atoms with Gasteiger partial charge in [-0.25, -0.2) is 13.1 Å². The minimum Gasteiger partial charge on any atom is -0.258 e. The van der Waals surface area contributed by atoms with Crippen molar-refractivity contribution in [3.63, 3.8) is 0 Å². The van der Waals surface area contributed by atoms with Gasteiger partial charge in [0.15, 0.2) is 10.7 Å². The molecule has 0 radical (unpaired) electrons. The quantitative estimate of drug-likeness (QED) is 0.579. The van der Waals surface area contributed by atoms with Crippen molar-refractivity contribution in [3.8, 4) is 0 Å². The third-order valence-electron chi connectivity index (χ3n) is 2.47. The van der Waals surface area contributed by atoms with Crippen molar-refractivity contribution in [1.82, 2.24) is 25.3 Å². The number of nitro benzene ring substituents is 1. The predicted molar refractivity (Wildman–Crippen MR) is 66.0 cm³/mol. The molecule has 0 saturated heterocycles. The van der Waals surface area contributed by atoms with Crippen molar-refractivity contribution < 1.29 is 13.3 Å². The van der Waals surface area contributed by atoms with Crippen molar-refractivity contribution in [2.75, 3.05) is 0 Å². The van der Waals surface area contributed by atoms with Gasteiger partial charge in [-0.15, -0.1) is 10.2 Å². The molecule has 1 heterocycles. The fraction of sp³-hybridized carbons (Fsp3) is 0.222. The average Bonchev–Trinajstić information content (AvgIpc) is 2.89. The third-order valence-corrected chi connectivity index (χ3v) is 4.06. The van der Waals surface area contributed by atoms with Crippen LogP contribution in [0.5, 0.6) is 0 Å². The molecular weight excluding hydrogens is 288 g/mol. The van der Waals surface area contributed by atoms with E-state index in [9.17, 15) is 18.5 Å². The third kappa shape index (κ3) is 2.78. The molecule has 2 aromatic rings. The predicted octanol–water partition coefficient (Wildman–Crippen LogP) is -0.105. The number of aromatic nitrogens is 4. The summed E-state index contributed by atoms with van der Waals surface area (Å²) in [6, 6.07) is 4.04. The fourth-order valence-electron chi connectivity index (χ4n) is 1.62. The number of hydrogen-bond donors (Lipinski definition) is 2. The molecule has 0 aliphatic carbocycles. The van der Waals surface area contributed by atoms with Gasteiger partial charge < -0.3 is 0 Å². The number of nitrogens with one attached hydrogen (secondary N) is 2. The lowest BCUT2D eigenvalue weighted by molar-refractivity contribution is -0.387. The summed E-state index contributed by atoms with van der Waals surface area (Å²) in [6.07, 6.45) is 0. The van der Waals surface area contributed by atoms with Gasteiger partial charge in [0, 0.05) is 6.07 Å². The Bertz CT molecular complexity index is 727. The number of nitrogens with zero attached hydrogens (tertiary/aromatic N) is 4. The molecule has 2 N–H and O–H groups in total. The summed E-state index contributed by atoms with van der Waals surface area (Å²) in [5.41, 5.74) is -0.203. The van der Waals surface area contributed by atoms with E-state index in [-0.39, 0.29) is 22.8 Å². The summed E-state index contributed by atoms with van der Waals surface area (Å²) < 4.78 is 26.5. The summed E-state index contributed by atoms with van der Waals surface area (Å²) in [5.74, 6) is 0.129. The van der Waals surface area contributed by atoms with E-state index < -0.39 is 20.6 Å². The first-order chi connectivity index (χ1) is 9.42. The van der Waals surface area contributed by atoms with Crippen molar-refractivity contribution in [2.45, 2.75) is 18.4 Å². The Hall–Kier alpha value is -2.40. The molecular formula is C9H10N6O4S. The number of rotatable bonds is 5. The lowest BCUT2D eigenvalue weighted by Gasteiger charge is -2.08. The maximum Gasteiger partial charge on any atom is 0.289 e. The van der Waals surface area contributed by atoms with Gasteiger partial charge >= 0.3 is 0 Å². The van der Waals surface area contributed by atoms with Crippen LogP contribution in [0.25, 0.3) is 0 Å². The van der Waals surface area contributed by atoms with Crippen LogP contribution in [0.3, 0.4) is 0 Å². The molecule has 1 aromatic carbocycles. The van der Waals surface area contributed by atoms with Crippen LogP contribution in [0.1, 0.15) is 11.4 Å². The molecule has 11 heteroatoms. The zero-order valence-electron chi connectivity index (χ0n) is 10.3. The highest BCUT2D eigenvalue weighted by molar-refractivity contribution is 7.89. The van der Waals surface area contributed by atoms with Gasteiger partial charge in [-0.05, 0) is 12.5 Å². The Morgan fingerprint density at radius 3 is 2.80 bits per heavy atom. The SMILES string of the molecule is Cc1cccc([N+](=O)[O-])c1S(=O)(=O)NCc1nn[nH]n1. The summed E-state index contributed by atoms with van der Waals surface area (Å²) >= 11 is 0. The van der Waals surface area contributed by atoms with E-state index in [1.54, 1.807) is 0 Å². The molecule has 0 aliphatic heterocycles. The largest absolute Gasteiger partial charge is 0.289 e. The normalized spacial score (nSPS) is 11.4. The van der Waals surface area contributed by atoms with Crippen LogP contribution in [0.2, 0.25) is 0 Å². The lowest BCUT2D eigenvalue weighted by Crippen LogP contribution is -2.25. The highest BCUT2D eigenvalue weighted by Crippen LogP contribution is 2.26. The molecule has 2 rings (SSSR count). The molecule has 0 aliphatic rings. The summed E-state index contributed by atoms with van der Waals surface area (Å²) in [5, 5.41) is 23.5. The molecule has 0 spiro atoms. The number of tetrazole rings is 1. The standard InChI is InChI=1S/C9H10N6O4S/c1-6-3-2-4-7(15(16)17)9(6)20(18,19)10-5-8-11-13-14-12-8/h2-4,10H,5H2,1H3,(H,11,12,13,14). The van der Waals surface area contributed by atoms with Crippen molar-refractivity contribution in [1.29, 1.82) is 0 Å². The van der Waals surface area contributed by atoms with Gasteiger partial charge in [-0.3, -0.25) is 10.1 Å². The van der Waals surface area contributed by atoms with Crippen LogP contribution in [-0.4, -0.2) is 34.0 Å². The van der Waals surface area contributed by atoms with Crippen LogP contribution in [-0.2, 0) is 16.6 Å². The summed E-state index contributed by atoms with van der Waals surface area (Å²) in [6.45, 7) is 1.26. The molecule has 0 amide bonds. The van der Waals surface area contributed by atoms with Crippen molar-refractivity contribution in [3.05, 3.63) is 39.7 Å². The van der Waals surface area contributed by atoms with Gasteiger partial charge in [0.1, 0.15) is 0 Å². The van der Waals surface area contributed by atoms with Gasteiger partial charge in [0.2, 0.25) is 10.0 Å². The number of nitro groups is 1. The Morgan fingerprint density at radius 1 is 1.45 bits per heavy atom. The first-order valence-electron chi connectivity index (χ1n) is 5.38. The Morgan fingerprint density at radius 2 is 2.20 bits per heavy atom. The maximum atomic E-state index is 12.2. The van der Waals surface area contributed by atoms with Crippen LogP contribution >= 0.6 is 0 Å². The van der Waals surface area contributed by atoms with Crippen molar-refractivity contribution in [2.24, 2.45) is 0 Å². The molecule has 20 heavy (non-hydrogen) atoms. The average molecular weight is 298 g/mol. The molecule has 0 fully saturated rings. The highest BCUT2D eigenvalue weighted by Gasteiger charge is 2.27. The maximum absolute atomic E-state index is 12.2. The second-order valence-electron chi connectivity index (χ2n) is 3.83. The number of sulfonamides is 1. The minimum absolute atomic E-state index is 0.129. The number of hydrogen-bond acceptors (Lipinski definition) is 7. The number of H-pyrrole nitrogens is 1. The van der Waals surface area contributed by atoms with Crippen LogP contribution in [0.4, 0.5) is 5.69 Å².